The topological polar surface area (TPSA) is 59.8 Å². The molecule has 4 rings (SSSR count). The zero-order valence-corrected chi connectivity index (χ0v) is 14.2. The Bertz CT molecular complexity index is 1090. The summed E-state index contributed by atoms with van der Waals surface area (Å²) < 4.78 is 1.72. The largest absolute Gasteiger partial charge is 0.348 e. The molecule has 0 radical (unpaired) electrons. The average molecular weight is 330 g/mol. The van der Waals surface area contributed by atoms with Crippen LogP contribution in [0.5, 0.6) is 0 Å². The molecule has 0 spiro atoms. The van der Waals surface area contributed by atoms with Gasteiger partial charge in [0.2, 0.25) is 0 Å². The normalized spacial score (nSPS) is 11.1. The van der Waals surface area contributed by atoms with Crippen molar-refractivity contribution in [1.29, 1.82) is 0 Å². The first-order valence-electron chi connectivity index (χ1n) is 8.17. The minimum atomic E-state index is -0.134. The van der Waals surface area contributed by atoms with Crippen LogP contribution in [0.2, 0.25) is 0 Å². The molecule has 2 aromatic heterocycles. The Labute approximate surface area is 145 Å². The number of nitrogens with one attached hydrogen (secondary N) is 1. The number of hydrogen-bond donors (Lipinski definition) is 1. The summed E-state index contributed by atoms with van der Waals surface area (Å²) in [5, 5.41) is 10.6. The summed E-state index contributed by atoms with van der Waals surface area (Å²) in [6.07, 6.45) is 1.60. The smallest absolute Gasteiger partial charge is 0.253 e. The Balaban J connectivity index is 1.59. The van der Waals surface area contributed by atoms with Gasteiger partial charge >= 0.3 is 0 Å². The molecule has 4 aromatic rings. The summed E-state index contributed by atoms with van der Waals surface area (Å²) in [5.74, 6) is -0.134. The zero-order valence-electron chi connectivity index (χ0n) is 14.2. The maximum absolute atomic E-state index is 12.5. The molecule has 0 aliphatic carbocycles. The highest BCUT2D eigenvalue weighted by Gasteiger charge is 2.12. The molecule has 2 heterocycles. The highest BCUT2D eigenvalue weighted by atomic mass is 16.1. The molecule has 1 amide bonds. The number of rotatable bonds is 3. The highest BCUT2D eigenvalue weighted by molar-refractivity contribution is 5.97. The Hall–Kier alpha value is -3.21. The van der Waals surface area contributed by atoms with Crippen molar-refractivity contribution in [2.75, 3.05) is 0 Å². The Morgan fingerprint density at radius 2 is 1.92 bits per heavy atom. The molecule has 5 nitrogen and oxygen atoms in total. The van der Waals surface area contributed by atoms with E-state index in [1.165, 1.54) is 5.39 Å². The molecular weight excluding hydrogens is 312 g/mol. The fourth-order valence-corrected chi connectivity index (χ4v) is 3.16. The van der Waals surface area contributed by atoms with Crippen molar-refractivity contribution in [2.45, 2.75) is 13.5 Å². The maximum atomic E-state index is 12.5. The lowest BCUT2D eigenvalue weighted by molar-refractivity contribution is 0.0951. The Morgan fingerprint density at radius 3 is 2.80 bits per heavy atom. The molecule has 5 heteroatoms. The van der Waals surface area contributed by atoms with Crippen LogP contribution in [0.25, 0.3) is 21.8 Å². The number of hydrogen-bond acceptors (Lipinski definition) is 3. The standard InChI is InChI=1S/C20H18N4O/c1-13-18-10-16(12-21-19(18)24(2)23-13)20(25)22-11-15-8-5-7-14-6-3-4-9-17(14)15/h3-10,12H,11H2,1-2H3,(H,22,25). The fraction of sp³-hybridized carbons (Fsp3) is 0.150. The van der Waals surface area contributed by atoms with Gasteiger partial charge in [-0.25, -0.2) is 4.98 Å². The highest BCUT2D eigenvalue weighted by Crippen LogP contribution is 2.19. The lowest BCUT2D eigenvalue weighted by Crippen LogP contribution is -2.23. The van der Waals surface area contributed by atoms with E-state index in [2.05, 4.69) is 33.6 Å². The number of fused-ring (bicyclic) bond motifs is 2. The van der Waals surface area contributed by atoms with Crippen LogP contribution in [0.4, 0.5) is 0 Å². The molecule has 1 N–H and O–H groups in total. The van der Waals surface area contributed by atoms with Gasteiger partial charge in [-0.15, -0.1) is 0 Å². The number of carbonyl (C=O) groups excluding carboxylic acids is 1. The van der Waals surface area contributed by atoms with Crippen LogP contribution in [0.15, 0.2) is 54.7 Å². The lowest BCUT2D eigenvalue weighted by atomic mass is 10.0. The minimum Gasteiger partial charge on any atom is -0.348 e. The number of aromatic nitrogens is 3. The SMILES string of the molecule is Cc1nn(C)c2ncc(C(=O)NCc3cccc4ccccc34)cc12. The molecule has 0 aliphatic rings. The van der Waals surface area contributed by atoms with E-state index < -0.39 is 0 Å². The van der Waals surface area contributed by atoms with Crippen molar-refractivity contribution in [3.05, 3.63) is 71.5 Å². The summed E-state index contributed by atoms with van der Waals surface area (Å²) in [5.41, 5.74) is 3.29. The van der Waals surface area contributed by atoms with Gasteiger partial charge < -0.3 is 5.32 Å². The molecule has 124 valence electrons. The van der Waals surface area contributed by atoms with E-state index >= 15 is 0 Å². The molecule has 0 bridgehead atoms. The third-order valence-corrected chi connectivity index (χ3v) is 4.44. The third kappa shape index (κ3) is 2.74. The van der Waals surface area contributed by atoms with Crippen molar-refractivity contribution in [2.24, 2.45) is 7.05 Å². The molecule has 0 saturated carbocycles. The number of pyridine rings is 1. The monoisotopic (exact) mass is 330 g/mol. The molecule has 0 aliphatic heterocycles. The van der Waals surface area contributed by atoms with Gasteiger partial charge in [-0.3, -0.25) is 9.48 Å². The van der Waals surface area contributed by atoms with Gasteiger partial charge in [0.15, 0.2) is 5.65 Å². The van der Waals surface area contributed by atoms with Crippen molar-refractivity contribution in [1.82, 2.24) is 20.1 Å². The molecule has 25 heavy (non-hydrogen) atoms. The van der Waals surface area contributed by atoms with Crippen LogP contribution < -0.4 is 5.32 Å². The van der Waals surface area contributed by atoms with Gasteiger partial charge in [-0.1, -0.05) is 42.5 Å². The first-order valence-corrected chi connectivity index (χ1v) is 8.17. The fourth-order valence-electron chi connectivity index (χ4n) is 3.16. The van der Waals surface area contributed by atoms with Crippen LogP contribution in [-0.2, 0) is 13.6 Å². The number of aryl methyl sites for hydroxylation is 2. The molecule has 0 atom stereocenters. The van der Waals surface area contributed by atoms with Crippen molar-refractivity contribution < 1.29 is 4.79 Å². The van der Waals surface area contributed by atoms with Gasteiger partial charge in [0, 0.05) is 25.2 Å². The summed E-state index contributed by atoms with van der Waals surface area (Å²) >= 11 is 0. The Morgan fingerprint density at radius 1 is 1.12 bits per heavy atom. The number of nitrogens with zero attached hydrogens (tertiary/aromatic N) is 3. The van der Waals surface area contributed by atoms with Crippen LogP contribution >= 0.6 is 0 Å². The van der Waals surface area contributed by atoms with E-state index in [4.69, 9.17) is 0 Å². The Kier molecular flexibility index (Phi) is 3.69. The van der Waals surface area contributed by atoms with Gasteiger partial charge in [0.05, 0.1) is 11.3 Å². The predicted octanol–water partition coefficient (Wildman–Crippen LogP) is 3.36. The van der Waals surface area contributed by atoms with E-state index in [-0.39, 0.29) is 5.91 Å². The molecular formula is C20H18N4O. The number of benzene rings is 2. The van der Waals surface area contributed by atoms with Crippen molar-refractivity contribution in [3.8, 4) is 0 Å². The van der Waals surface area contributed by atoms with E-state index in [1.807, 2.05) is 44.3 Å². The van der Waals surface area contributed by atoms with Gasteiger partial charge in [0.25, 0.3) is 5.91 Å². The first kappa shape index (κ1) is 15.3. The summed E-state index contributed by atoms with van der Waals surface area (Å²) in [4.78, 5) is 16.9. The van der Waals surface area contributed by atoms with E-state index in [1.54, 1.807) is 10.9 Å². The van der Waals surface area contributed by atoms with Crippen LogP contribution in [0, 0.1) is 6.92 Å². The van der Waals surface area contributed by atoms with Crippen LogP contribution in [0.1, 0.15) is 21.6 Å². The van der Waals surface area contributed by atoms with Crippen LogP contribution in [0.3, 0.4) is 0 Å². The lowest BCUT2D eigenvalue weighted by Gasteiger charge is -2.08. The van der Waals surface area contributed by atoms with Crippen LogP contribution in [-0.4, -0.2) is 20.7 Å². The zero-order chi connectivity index (χ0) is 17.4. The molecule has 0 fully saturated rings. The third-order valence-electron chi connectivity index (χ3n) is 4.44. The number of carbonyl (C=O) groups is 1. The summed E-state index contributed by atoms with van der Waals surface area (Å²) in [7, 11) is 1.85. The van der Waals surface area contributed by atoms with Gasteiger partial charge in [0.1, 0.15) is 0 Å². The van der Waals surface area contributed by atoms with Crippen molar-refractivity contribution >= 4 is 27.7 Å². The quantitative estimate of drug-likeness (QED) is 0.626. The number of amides is 1. The van der Waals surface area contributed by atoms with E-state index in [0.29, 0.717) is 12.1 Å². The predicted molar refractivity (Wildman–Crippen MR) is 98.4 cm³/mol. The second-order valence-electron chi connectivity index (χ2n) is 6.13. The second kappa shape index (κ2) is 6.02. The van der Waals surface area contributed by atoms with E-state index in [9.17, 15) is 4.79 Å². The first-order chi connectivity index (χ1) is 12.1. The van der Waals surface area contributed by atoms with Gasteiger partial charge in [-0.05, 0) is 29.3 Å². The van der Waals surface area contributed by atoms with E-state index in [0.717, 1.165) is 27.7 Å². The maximum Gasteiger partial charge on any atom is 0.253 e. The molecule has 0 saturated heterocycles. The minimum absolute atomic E-state index is 0.134. The molecule has 0 unspecified atom stereocenters. The van der Waals surface area contributed by atoms with Crippen molar-refractivity contribution in [3.63, 3.8) is 0 Å². The second-order valence-corrected chi connectivity index (χ2v) is 6.13. The average Bonchev–Trinajstić information content (AvgIpc) is 2.93. The summed E-state index contributed by atoms with van der Waals surface area (Å²) in [6, 6.07) is 16.1. The summed E-state index contributed by atoms with van der Waals surface area (Å²) in [6.45, 7) is 2.39. The molecule has 2 aromatic carbocycles. The van der Waals surface area contributed by atoms with Gasteiger partial charge in [-0.2, -0.15) is 5.10 Å².